The predicted molar refractivity (Wildman–Crippen MR) is 58.6 cm³/mol. The van der Waals surface area contributed by atoms with Crippen molar-refractivity contribution in [1.82, 2.24) is 0 Å². The van der Waals surface area contributed by atoms with Gasteiger partial charge in [-0.25, -0.2) is 0 Å². The Morgan fingerprint density at radius 3 is 2.36 bits per heavy atom. The molecule has 1 aromatic rings. The minimum Gasteiger partial charge on any atom is -0.276 e. The van der Waals surface area contributed by atoms with Crippen LogP contribution in [0.2, 0.25) is 0 Å². The maximum Gasteiger partial charge on any atom is 0.227 e. The molecule has 14 heavy (non-hydrogen) atoms. The van der Waals surface area contributed by atoms with E-state index in [0.717, 1.165) is 17.9 Å². The molecule has 1 N–H and O–H groups in total. The van der Waals surface area contributed by atoms with Gasteiger partial charge in [-0.2, -0.15) is 0 Å². The van der Waals surface area contributed by atoms with Crippen LogP contribution in [0.3, 0.4) is 0 Å². The molecule has 0 aromatic heterocycles. The summed E-state index contributed by atoms with van der Waals surface area (Å²) in [5.74, 6) is 0.739. The number of hydrogen-bond acceptors (Lipinski definition) is 1. The summed E-state index contributed by atoms with van der Waals surface area (Å²) >= 11 is 0. The monoisotopic (exact) mass is 189 g/mol. The Hall–Kier alpha value is -1.15. The highest BCUT2D eigenvalue weighted by molar-refractivity contribution is 5.95. The molecule has 0 fully saturated rings. The highest BCUT2D eigenvalue weighted by Crippen LogP contribution is 2.28. The number of amidine groups is 1. The summed E-state index contributed by atoms with van der Waals surface area (Å²) in [7, 11) is 4.18. The summed E-state index contributed by atoms with van der Waals surface area (Å²) in [4.78, 5) is 0. The fraction of sp³-hybridized carbons (Fsp3) is 0.417. The van der Waals surface area contributed by atoms with Crippen LogP contribution in [0.4, 0.5) is 0 Å². The zero-order valence-electron chi connectivity index (χ0n) is 9.31. The smallest absolute Gasteiger partial charge is 0.227 e. The number of aryl methyl sites for hydroxylation is 2. The third kappa shape index (κ3) is 1.18. The second-order valence-electron chi connectivity index (χ2n) is 4.79. The number of nitrogens with one attached hydrogen (secondary N) is 1. The van der Waals surface area contributed by atoms with Crippen LogP contribution in [0.5, 0.6) is 0 Å². The van der Waals surface area contributed by atoms with Crippen molar-refractivity contribution in [2.45, 2.75) is 20.4 Å². The van der Waals surface area contributed by atoms with Gasteiger partial charge in [-0.1, -0.05) is 0 Å². The zero-order chi connectivity index (χ0) is 10.5. The van der Waals surface area contributed by atoms with Crippen molar-refractivity contribution in [3.8, 4) is 0 Å². The molecule has 0 radical (unpaired) electrons. The number of fused-ring (bicyclic) bond motifs is 1. The Morgan fingerprint density at radius 1 is 1.14 bits per heavy atom. The quantitative estimate of drug-likeness (QED) is 0.605. The van der Waals surface area contributed by atoms with Crippen LogP contribution in [-0.2, 0) is 6.54 Å². The van der Waals surface area contributed by atoms with E-state index in [2.05, 4.69) is 40.1 Å². The van der Waals surface area contributed by atoms with Gasteiger partial charge >= 0.3 is 0 Å². The van der Waals surface area contributed by atoms with Gasteiger partial charge in [0.25, 0.3) is 0 Å². The lowest BCUT2D eigenvalue weighted by molar-refractivity contribution is -0.809. The van der Waals surface area contributed by atoms with E-state index < -0.39 is 0 Å². The Labute approximate surface area is 85.3 Å². The highest BCUT2D eigenvalue weighted by Gasteiger charge is 2.35. The second-order valence-corrected chi connectivity index (χ2v) is 4.79. The molecular weight excluding hydrogens is 172 g/mol. The average molecular weight is 189 g/mol. The second kappa shape index (κ2) is 2.67. The van der Waals surface area contributed by atoms with Gasteiger partial charge in [-0.15, -0.1) is 0 Å². The Kier molecular flexibility index (Phi) is 1.80. The van der Waals surface area contributed by atoms with Gasteiger partial charge in [-0.3, -0.25) is 9.89 Å². The third-order valence-electron chi connectivity index (χ3n) is 3.15. The summed E-state index contributed by atoms with van der Waals surface area (Å²) < 4.78 is 0.679. The molecule has 1 aliphatic heterocycles. The van der Waals surface area contributed by atoms with Gasteiger partial charge in [0.2, 0.25) is 5.84 Å². The van der Waals surface area contributed by atoms with Gasteiger partial charge in [-0.05, 0) is 37.1 Å². The third-order valence-corrected chi connectivity index (χ3v) is 3.15. The molecule has 0 unspecified atom stereocenters. The minimum atomic E-state index is 0.679. The molecule has 2 rings (SSSR count). The van der Waals surface area contributed by atoms with Crippen LogP contribution in [0, 0.1) is 19.3 Å². The molecule has 1 aliphatic rings. The number of quaternary nitrogens is 1. The fourth-order valence-electron chi connectivity index (χ4n) is 2.06. The first-order valence-corrected chi connectivity index (χ1v) is 4.94. The van der Waals surface area contributed by atoms with Gasteiger partial charge in [0.15, 0.2) is 0 Å². The van der Waals surface area contributed by atoms with Crippen molar-refractivity contribution < 1.29 is 4.48 Å². The first-order chi connectivity index (χ1) is 6.42. The predicted octanol–water partition coefficient (Wildman–Crippen LogP) is 2.22. The molecule has 0 spiro atoms. The number of hydrogen-bond donors (Lipinski definition) is 1. The Bertz CT molecular complexity index is 417. The van der Waals surface area contributed by atoms with Crippen molar-refractivity contribution in [2.24, 2.45) is 0 Å². The van der Waals surface area contributed by atoms with Gasteiger partial charge < -0.3 is 0 Å². The summed E-state index contributed by atoms with van der Waals surface area (Å²) in [6.07, 6.45) is 0. The standard InChI is InChI=1S/C12H17N2/c1-8-5-10-7-14(3,4)12(13)11(10)6-9(8)2/h5-6,13H,7H2,1-4H3/q+1. The number of benzene rings is 1. The van der Waals surface area contributed by atoms with Crippen molar-refractivity contribution >= 4 is 5.84 Å². The normalized spacial score (nSPS) is 18.4. The molecule has 0 amide bonds. The molecule has 1 heterocycles. The molecule has 0 atom stereocenters. The Morgan fingerprint density at radius 2 is 1.71 bits per heavy atom. The molecule has 0 saturated carbocycles. The average Bonchev–Trinajstić information content (AvgIpc) is 2.28. The van der Waals surface area contributed by atoms with Gasteiger partial charge in [0, 0.05) is 5.56 Å². The molecule has 74 valence electrons. The lowest BCUT2D eigenvalue weighted by Crippen LogP contribution is -2.39. The first-order valence-electron chi connectivity index (χ1n) is 4.94. The molecule has 0 bridgehead atoms. The van der Waals surface area contributed by atoms with E-state index >= 15 is 0 Å². The van der Waals surface area contributed by atoms with Crippen LogP contribution >= 0.6 is 0 Å². The highest BCUT2D eigenvalue weighted by atomic mass is 15.3. The van der Waals surface area contributed by atoms with Crippen LogP contribution in [-0.4, -0.2) is 24.4 Å². The summed E-state index contributed by atoms with van der Waals surface area (Å²) in [5, 5.41) is 8.07. The summed E-state index contributed by atoms with van der Waals surface area (Å²) in [6, 6.07) is 4.38. The number of nitrogens with zero attached hydrogens (tertiary/aromatic N) is 1. The maximum absolute atomic E-state index is 8.07. The molecule has 2 nitrogen and oxygen atoms in total. The zero-order valence-corrected chi connectivity index (χ0v) is 9.31. The topological polar surface area (TPSA) is 23.9 Å². The van der Waals surface area contributed by atoms with Crippen molar-refractivity contribution in [3.05, 3.63) is 34.4 Å². The molecular formula is C12H17N2+. The van der Waals surface area contributed by atoms with Crippen LogP contribution < -0.4 is 0 Å². The van der Waals surface area contributed by atoms with Gasteiger partial charge in [0.1, 0.15) is 6.54 Å². The molecule has 0 saturated heterocycles. The van der Waals surface area contributed by atoms with E-state index in [-0.39, 0.29) is 0 Å². The SMILES string of the molecule is Cc1cc2c(cc1C)C(=N)[N+](C)(C)C2. The van der Waals surface area contributed by atoms with Crippen LogP contribution in [0.25, 0.3) is 0 Å². The van der Waals surface area contributed by atoms with Crippen molar-refractivity contribution in [3.63, 3.8) is 0 Å². The van der Waals surface area contributed by atoms with E-state index in [4.69, 9.17) is 5.41 Å². The van der Waals surface area contributed by atoms with E-state index in [1.165, 1.54) is 16.7 Å². The van der Waals surface area contributed by atoms with E-state index in [1.807, 2.05) is 0 Å². The first kappa shape index (κ1) is 9.41. The summed E-state index contributed by atoms with van der Waals surface area (Å²) in [6.45, 7) is 5.20. The minimum absolute atomic E-state index is 0.679. The Balaban J connectivity index is 2.61. The van der Waals surface area contributed by atoms with Crippen molar-refractivity contribution in [1.29, 1.82) is 5.41 Å². The fourth-order valence-corrected chi connectivity index (χ4v) is 2.06. The van der Waals surface area contributed by atoms with Crippen molar-refractivity contribution in [2.75, 3.05) is 14.1 Å². The lowest BCUT2D eigenvalue weighted by Gasteiger charge is -2.21. The van der Waals surface area contributed by atoms with E-state index in [0.29, 0.717) is 4.48 Å². The molecule has 1 aromatic carbocycles. The molecule has 2 heteroatoms. The van der Waals surface area contributed by atoms with Gasteiger partial charge in [0.05, 0.1) is 19.7 Å². The van der Waals surface area contributed by atoms with E-state index in [1.54, 1.807) is 0 Å². The maximum atomic E-state index is 8.07. The lowest BCUT2D eigenvalue weighted by atomic mass is 10.0. The number of rotatable bonds is 0. The molecule has 0 aliphatic carbocycles. The van der Waals surface area contributed by atoms with E-state index in [9.17, 15) is 0 Å². The summed E-state index contributed by atoms with van der Waals surface area (Å²) in [5.41, 5.74) is 5.08. The largest absolute Gasteiger partial charge is 0.276 e. The van der Waals surface area contributed by atoms with Crippen LogP contribution in [0.1, 0.15) is 22.3 Å². The van der Waals surface area contributed by atoms with Crippen LogP contribution in [0.15, 0.2) is 12.1 Å².